The third-order valence-electron chi connectivity index (χ3n) is 12.7. The Bertz CT molecular complexity index is 2400. The SMILES string of the molecule is CC(=O)N[C@@H](CC(=O)NCCNCC[NH3+])C(=O)N[C@@H](CC(=O)NCCN1CCOCC1)C(=O)NCCOCCN=[N+]=[N-].CC(=O)N[C@@H](CC(=O)OCc1ccccc1)C(=O)N[C@@H](CC(=O)NCCN1CCOCC1)C(=O)NCCOCCN=[N+]=[N-].NCCNCCN.[Cl-]. The van der Waals surface area contributed by atoms with Gasteiger partial charge in [0.05, 0.1) is 85.1 Å². The molecule has 18 N–H and O–H groups in total. The average molecular weight is 1340 g/mol. The summed E-state index contributed by atoms with van der Waals surface area (Å²) < 4.78 is 26.4. The predicted molar refractivity (Wildman–Crippen MR) is 335 cm³/mol. The number of esters is 1. The topological polar surface area (TPSA) is 533 Å². The summed E-state index contributed by atoms with van der Waals surface area (Å²) in [5.74, 6) is -6.19. The number of amides is 9. The molecular weight excluding hydrogens is 1240 g/mol. The van der Waals surface area contributed by atoms with Gasteiger partial charge in [-0.05, 0) is 16.6 Å². The van der Waals surface area contributed by atoms with Crippen molar-refractivity contribution in [1.29, 1.82) is 0 Å². The Kier molecular flexibility index (Phi) is 52.4. The van der Waals surface area contributed by atoms with Gasteiger partial charge in [-0.2, -0.15) is 0 Å². The maximum atomic E-state index is 13.2. The van der Waals surface area contributed by atoms with Crippen LogP contribution in [-0.2, 0) is 78.2 Å². The molecule has 1 aromatic carbocycles. The highest BCUT2D eigenvalue weighted by Gasteiger charge is 2.32. The van der Waals surface area contributed by atoms with Gasteiger partial charge in [-0.3, -0.25) is 57.7 Å². The van der Waals surface area contributed by atoms with Crippen LogP contribution in [0.4, 0.5) is 0 Å². The van der Waals surface area contributed by atoms with E-state index in [-0.39, 0.29) is 90.9 Å². The molecule has 2 heterocycles. The number of hydrogen-bond acceptors (Lipinski definition) is 23. The van der Waals surface area contributed by atoms with E-state index in [4.69, 9.17) is 46.2 Å². The second-order valence-electron chi connectivity index (χ2n) is 20.2. The van der Waals surface area contributed by atoms with Crippen LogP contribution < -0.4 is 88.1 Å². The molecule has 1 aromatic rings. The quantitative estimate of drug-likeness (QED) is 0.00948. The minimum Gasteiger partial charge on any atom is -1.00 e. The van der Waals surface area contributed by atoms with E-state index in [9.17, 15) is 47.9 Å². The van der Waals surface area contributed by atoms with Crippen LogP contribution in [0.5, 0.6) is 0 Å². The molecule has 2 fully saturated rings. The van der Waals surface area contributed by atoms with Crippen molar-refractivity contribution >= 4 is 59.1 Å². The number of azide groups is 2. The lowest BCUT2D eigenvalue weighted by Crippen LogP contribution is -3.00. The Morgan fingerprint density at radius 2 is 0.946 bits per heavy atom. The van der Waals surface area contributed by atoms with Crippen molar-refractivity contribution in [3.8, 4) is 0 Å². The van der Waals surface area contributed by atoms with Crippen LogP contribution >= 0.6 is 0 Å². The first-order chi connectivity index (χ1) is 44.5. The number of halogens is 1. The van der Waals surface area contributed by atoms with Gasteiger partial charge in [0.25, 0.3) is 0 Å². The van der Waals surface area contributed by atoms with Crippen LogP contribution in [0.1, 0.15) is 45.1 Å². The molecule has 0 radical (unpaired) electrons. The van der Waals surface area contributed by atoms with Crippen LogP contribution in [0.2, 0.25) is 0 Å². The first kappa shape index (κ1) is 85.4. The van der Waals surface area contributed by atoms with Crippen LogP contribution in [0.25, 0.3) is 20.9 Å². The van der Waals surface area contributed by atoms with Crippen molar-refractivity contribution < 1.29 is 89.8 Å². The number of hydrogen-bond donors (Lipinski definition) is 14. The molecule has 4 atom stereocenters. The van der Waals surface area contributed by atoms with E-state index in [2.05, 4.69) is 94.1 Å². The van der Waals surface area contributed by atoms with Crippen molar-refractivity contribution in [1.82, 2.24) is 68.3 Å². The Balaban J connectivity index is 0.00000163. The predicted octanol–water partition coefficient (Wildman–Crippen LogP) is -9.52. The Morgan fingerprint density at radius 3 is 1.35 bits per heavy atom. The third kappa shape index (κ3) is 47.0. The summed E-state index contributed by atoms with van der Waals surface area (Å²) in [5, 5.41) is 36.0. The lowest BCUT2D eigenvalue weighted by Gasteiger charge is -2.26. The van der Waals surface area contributed by atoms with Gasteiger partial charge in [0, 0.05) is 148 Å². The fourth-order valence-corrected chi connectivity index (χ4v) is 8.08. The van der Waals surface area contributed by atoms with E-state index in [1.807, 2.05) is 6.07 Å². The summed E-state index contributed by atoms with van der Waals surface area (Å²) >= 11 is 0. The maximum absolute atomic E-state index is 13.2. The molecule has 526 valence electrons. The molecule has 37 nitrogen and oxygen atoms in total. The number of benzene rings is 1. The van der Waals surface area contributed by atoms with Gasteiger partial charge >= 0.3 is 5.97 Å². The van der Waals surface area contributed by atoms with E-state index in [1.54, 1.807) is 24.3 Å². The minimum atomic E-state index is -1.34. The number of carbonyl (C=O) groups excluding carboxylic acids is 10. The monoisotopic (exact) mass is 1340 g/mol. The molecule has 93 heavy (non-hydrogen) atoms. The molecule has 9 amide bonds. The third-order valence-corrected chi connectivity index (χ3v) is 12.7. The molecule has 38 heteroatoms. The van der Waals surface area contributed by atoms with Gasteiger partial charge in [-0.15, -0.1) is 0 Å². The second kappa shape index (κ2) is 57.1. The summed E-state index contributed by atoms with van der Waals surface area (Å²) in [5.41, 5.74) is 31.4. The molecule has 0 unspecified atom stereocenters. The van der Waals surface area contributed by atoms with Gasteiger partial charge in [0.15, 0.2) is 0 Å². The van der Waals surface area contributed by atoms with Crippen molar-refractivity contribution in [3.63, 3.8) is 0 Å². The molecule has 0 aromatic heterocycles. The molecule has 0 aliphatic carbocycles. The van der Waals surface area contributed by atoms with E-state index >= 15 is 0 Å². The first-order valence-electron chi connectivity index (χ1n) is 30.5. The summed E-state index contributed by atoms with van der Waals surface area (Å²) in [6.07, 6.45) is -1.60. The smallest absolute Gasteiger partial charge is 0.308 e. The van der Waals surface area contributed by atoms with Gasteiger partial charge in [-0.25, -0.2) is 0 Å². The van der Waals surface area contributed by atoms with E-state index in [0.717, 1.165) is 44.8 Å². The zero-order chi connectivity index (χ0) is 67.8. The maximum Gasteiger partial charge on any atom is 0.308 e. The van der Waals surface area contributed by atoms with Crippen LogP contribution in [0.15, 0.2) is 40.6 Å². The van der Waals surface area contributed by atoms with E-state index < -0.39 is 89.7 Å². The molecule has 0 saturated carbocycles. The average Bonchev–Trinajstić information content (AvgIpc) is 2.52. The zero-order valence-electron chi connectivity index (χ0n) is 53.5. The molecule has 0 spiro atoms. The summed E-state index contributed by atoms with van der Waals surface area (Å²) in [7, 11) is 0. The molecule has 0 bridgehead atoms. The molecular formula is C55H99ClN22O15. The van der Waals surface area contributed by atoms with E-state index in [0.29, 0.717) is 91.9 Å². The standard InChI is InChI=1S/C27H40N8O8.C24H45N11O7.C4H13N3.ClH/c1-20(36)32-23(18-25(38)43-19-21-5-3-2-4-6-21)27(40)33-22(26(39)30-8-13-41-14-9-31-34-28)17-24(37)29-7-10-35-11-15-42-16-12-35;1-18(36)32-20(17-21(37)28-5-4-27-3-2-25)24(40)33-19(23(39)30-7-12-41-13-8-31-34-26)16-22(38)29-6-9-35-10-14-42-15-11-35;5-1-3-7-4-2-6;/h2-6,22-23H,7-19H2,1H3,(H,29,37)(H,30,39)(H,32,36)(H,33,40);19-20,27H,2-17,25H2,1H3,(H,28,37)(H,29,38)(H,30,39)(H,32,36)(H,33,40);7H,1-6H2;1H/t22-,23-;19-,20-;;/m00../s1. The number of rotatable bonds is 45. The lowest BCUT2D eigenvalue weighted by molar-refractivity contribution is -0.365. The summed E-state index contributed by atoms with van der Waals surface area (Å²) in [6.45, 7) is 16.0. The first-order valence-corrected chi connectivity index (χ1v) is 30.5. The highest BCUT2D eigenvalue weighted by Crippen LogP contribution is 2.06. The number of quaternary nitrogens is 1. The fraction of sp³-hybridized carbons (Fsp3) is 0.709. The van der Waals surface area contributed by atoms with Crippen LogP contribution in [0, 0.1) is 0 Å². The van der Waals surface area contributed by atoms with Crippen LogP contribution in [0.3, 0.4) is 0 Å². The fourth-order valence-electron chi connectivity index (χ4n) is 8.08. The van der Waals surface area contributed by atoms with Crippen molar-refractivity contribution in [3.05, 3.63) is 56.8 Å². The Labute approximate surface area is 548 Å². The Hall–Kier alpha value is -7.61. The van der Waals surface area contributed by atoms with Gasteiger partial charge in [0.1, 0.15) is 30.8 Å². The van der Waals surface area contributed by atoms with Gasteiger partial charge in [-0.1, -0.05) is 40.6 Å². The highest BCUT2D eigenvalue weighted by atomic mass is 35.5. The number of nitrogens with one attached hydrogen (secondary N) is 11. The minimum absolute atomic E-state index is 0. The number of nitrogens with zero attached hydrogens (tertiary/aromatic N) is 8. The molecule has 2 aliphatic rings. The van der Waals surface area contributed by atoms with Crippen molar-refractivity contribution in [2.45, 2.75) is 70.3 Å². The number of morpholine rings is 2. The molecule has 2 saturated heterocycles. The zero-order valence-corrected chi connectivity index (χ0v) is 54.2. The van der Waals surface area contributed by atoms with Crippen molar-refractivity contribution in [2.24, 2.45) is 21.7 Å². The normalized spacial score (nSPS) is 13.9. The Morgan fingerprint density at radius 1 is 0.538 bits per heavy atom. The number of ether oxygens (including phenoxy) is 5. The lowest BCUT2D eigenvalue weighted by atomic mass is 10.1. The molecule has 3 rings (SSSR count). The van der Waals surface area contributed by atoms with E-state index in [1.165, 1.54) is 13.8 Å². The van der Waals surface area contributed by atoms with Crippen molar-refractivity contribution in [2.75, 3.05) is 184 Å². The molecule has 2 aliphatic heterocycles. The largest absolute Gasteiger partial charge is 1.00 e. The summed E-state index contributed by atoms with van der Waals surface area (Å²) in [4.78, 5) is 135. The highest BCUT2D eigenvalue weighted by molar-refractivity contribution is 5.97. The second-order valence-corrected chi connectivity index (χ2v) is 20.2. The summed E-state index contributed by atoms with van der Waals surface area (Å²) in [6, 6.07) is 3.73. The van der Waals surface area contributed by atoms with Crippen LogP contribution in [-0.4, -0.2) is 277 Å². The number of nitrogens with two attached hydrogens (primary N) is 2. The van der Waals surface area contributed by atoms with Gasteiger partial charge < -0.3 is 112 Å². The number of carbonyl (C=O) groups is 10. The van der Waals surface area contributed by atoms with Gasteiger partial charge in [0.2, 0.25) is 53.2 Å².